The first-order chi connectivity index (χ1) is 15.7. The van der Waals surface area contributed by atoms with Crippen LogP contribution < -0.4 is 10.2 Å². The van der Waals surface area contributed by atoms with E-state index in [-0.39, 0.29) is 0 Å². The molecule has 8 heteroatoms. The second-order valence-electron chi connectivity index (χ2n) is 8.58. The Morgan fingerprint density at radius 3 is 2.75 bits per heavy atom. The predicted octanol–water partition coefficient (Wildman–Crippen LogP) is 4.13. The number of aromatic nitrogens is 3. The van der Waals surface area contributed by atoms with Gasteiger partial charge < -0.3 is 15.1 Å². The Balaban J connectivity index is 1.28. The lowest BCUT2D eigenvalue weighted by molar-refractivity contribution is -0.119. The average molecular weight is 451 g/mol. The number of hydrogen-bond acceptors (Lipinski definition) is 6. The van der Waals surface area contributed by atoms with Gasteiger partial charge in [0.2, 0.25) is 12.4 Å². The number of pyridine rings is 1. The summed E-state index contributed by atoms with van der Waals surface area (Å²) in [6.45, 7) is 3.35. The van der Waals surface area contributed by atoms with Crippen molar-refractivity contribution >= 4 is 40.7 Å². The first-order valence-corrected chi connectivity index (χ1v) is 11.7. The highest BCUT2D eigenvalue weighted by atomic mass is 35.5. The van der Waals surface area contributed by atoms with Gasteiger partial charge >= 0.3 is 0 Å². The molecular formula is C24H27ClN6O. The maximum absolute atomic E-state index is 11.3. The van der Waals surface area contributed by atoms with E-state index in [1.54, 1.807) is 0 Å². The second-order valence-corrected chi connectivity index (χ2v) is 8.99. The fourth-order valence-electron chi connectivity index (χ4n) is 5.04. The molecule has 0 spiro atoms. The molecule has 166 valence electrons. The van der Waals surface area contributed by atoms with Crippen LogP contribution in [0.3, 0.4) is 0 Å². The smallest absolute Gasteiger partial charge is 0.223 e. The van der Waals surface area contributed by atoms with Gasteiger partial charge in [0, 0.05) is 49.6 Å². The molecule has 1 unspecified atom stereocenters. The molecule has 0 saturated carbocycles. The third-order valence-electron chi connectivity index (χ3n) is 6.74. The maximum atomic E-state index is 11.3. The summed E-state index contributed by atoms with van der Waals surface area (Å²) in [4.78, 5) is 29.6. The zero-order valence-corrected chi connectivity index (χ0v) is 18.7. The molecular weight excluding hydrogens is 424 g/mol. The topological polar surface area (TPSA) is 74.2 Å². The maximum Gasteiger partial charge on any atom is 0.223 e. The third kappa shape index (κ3) is 4.21. The number of carbonyl (C=O) groups is 1. The zero-order chi connectivity index (χ0) is 21.9. The number of fused-ring (bicyclic) bond motifs is 1. The van der Waals surface area contributed by atoms with Gasteiger partial charge in [-0.2, -0.15) is 0 Å². The number of amides is 1. The summed E-state index contributed by atoms with van der Waals surface area (Å²) in [6, 6.07) is 10.1. The number of nitrogens with one attached hydrogen (secondary N) is 1. The summed E-state index contributed by atoms with van der Waals surface area (Å²) in [5, 5.41) is 4.95. The van der Waals surface area contributed by atoms with Crippen molar-refractivity contribution in [1.29, 1.82) is 0 Å². The Hall–Kier alpha value is -2.93. The second kappa shape index (κ2) is 9.28. The Bertz CT molecular complexity index is 1100. The molecule has 32 heavy (non-hydrogen) atoms. The van der Waals surface area contributed by atoms with Crippen LogP contribution in [0.25, 0.3) is 10.9 Å². The van der Waals surface area contributed by atoms with Crippen molar-refractivity contribution in [2.75, 3.05) is 29.9 Å². The van der Waals surface area contributed by atoms with E-state index in [2.05, 4.69) is 20.2 Å². The summed E-state index contributed by atoms with van der Waals surface area (Å²) in [7, 11) is 0. The van der Waals surface area contributed by atoms with Crippen LogP contribution in [0.1, 0.15) is 31.2 Å². The standard InChI is InChI=1S/C24H27ClN6O/c25-20-5-2-1-4-18(20)14-27-24-28-15-19-21(29-24)7-10-26-23(19)30-12-8-17(9-13-30)22-6-3-11-31(22)16-32/h1-2,4-5,7,10,15-17,22H,3,6,8-9,11-14H2,(H,27,28,29). The lowest BCUT2D eigenvalue weighted by Gasteiger charge is -2.37. The first kappa shape index (κ1) is 20.9. The summed E-state index contributed by atoms with van der Waals surface area (Å²) >= 11 is 6.25. The van der Waals surface area contributed by atoms with E-state index in [1.165, 1.54) is 0 Å². The highest BCUT2D eigenvalue weighted by Crippen LogP contribution is 2.33. The van der Waals surface area contributed by atoms with Crippen molar-refractivity contribution in [3.05, 3.63) is 53.3 Å². The van der Waals surface area contributed by atoms with Gasteiger partial charge in [0.05, 0.1) is 10.9 Å². The van der Waals surface area contributed by atoms with Crippen LogP contribution in [0.4, 0.5) is 11.8 Å². The number of halogens is 1. The van der Waals surface area contributed by atoms with E-state index < -0.39 is 0 Å². The molecule has 0 radical (unpaired) electrons. The van der Waals surface area contributed by atoms with E-state index in [4.69, 9.17) is 16.6 Å². The third-order valence-corrected chi connectivity index (χ3v) is 7.11. The Labute approximate surface area is 192 Å². The van der Waals surface area contributed by atoms with Crippen molar-refractivity contribution in [3.63, 3.8) is 0 Å². The van der Waals surface area contributed by atoms with Crippen molar-refractivity contribution in [3.8, 4) is 0 Å². The fraction of sp³-hybridized carbons (Fsp3) is 0.417. The SMILES string of the molecule is O=CN1CCCC1C1CCN(c2nccc3nc(NCc4ccccc4Cl)ncc23)CC1. The lowest BCUT2D eigenvalue weighted by atomic mass is 9.88. The Morgan fingerprint density at radius 2 is 1.94 bits per heavy atom. The molecule has 1 aromatic carbocycles. The number of nitrogens with zero attached hydrogens (tertiary/aromatic N) is 5. The molecule has 2 fully saturated rings. The summed E-state index contributed by atoms with van der Waals surface area (Å²) in [6.07, 6.45) is 9.12. The summed E-state index contributed by atoms with van der Waals surface area (Å²) < 4.78 is 0. The van der Waals surface area contributed by atoms with Gasteiger partial charge in [0.1, 0.15) is 5.82 Å². The Kier molecular flexibility index (Phi) is 6.08. The van der Waals surface area contributed by atoms with Gasteiger partial charge in [-0.25, -0.2) is 15.0 Å². The fourth-order valence-corrected chi connectivity index (χ4v) is 5.25. The minimum Gasteiger partial charge on any atom is -0.356 e. The van der Waals surface area contributed by atoms with Gasteiger partial charge in [0.25, 0.3) is 0 Å². The normalized spacial score (nSPS) is 19.5. The van der Waals surface area contributed by atoms with Gasteiger partial charge in [-0.05, 0) is 49.3 Å². The molecule has 2 aliphatic heterocycles. The predicted molar refractivity (Wildman–Crippen MR) is 127 cm³/mol. The van der Waals surface area contributed by atoms with Crippen molar-refractivity contribution in [2.24, 2.45) is 5.92 Å². The van der Waals surface area contributed by atoms with Crippen LogP contribution in [0.15, 0.2) is 42.7 Å². The van der Waals surface area contributed by atoms with Crippen LogP contribution in [-0.4, -0.2) is 51.9 Å². The number of hydrogen-bond donors (Lipinski definition) is 1. The molecule has 1 N–H and O–H groups in total. The number of rotatable bonds is 6. The molecule has 5 rings (SSSR count). The van der Waals surface area contributed by atoms with E-state index in [9.17, 15) is 4.79 Å². The summed E-state index contributed by atoms with van der Waals surface area (Å²) in [5.74, 6) is 2.09. The molecule has 1 atom stereocenters. The van der Waals surface area contributed by atoms with E-state index in [0.717, 1.165) is 79.0 Å². The number of likely N-dealkylation sites (tertiary alicyclic amines) is 1. The van der Waals surface area contributed by atoms with Gasteiger partial charge in [0.15, 0.2) is 0 Å². The van der Waals surface area contributed by atoms with Crippen LogP contribution in [0.5, 0.6) is 0 Å². The molecule has 7 nitrogen and oxygen atoms in total. The quantitative estimate of drug-likeness (QED) is 0.569. The van der Waals surface area contributed by atoms with Gasteiger partial charge in [-0.3, -0.25) is 4.79 Å². The molecule has 1 amide bonds. The van der Waals surface area contributed by atoms with Crippen LogP contribution in [0, 0.1) is 5.92 Å². The molecule has 2 aliphatic rings. The highest BCUT2D eigenvalue weighted by Gasteiger charge is 2.33. The van der Waals surface area contributed by atoms with Gasteiger partial charge in [-0.15, -0.1) is 0 Å². The Morgan fingerprint density at radius 1 is 1.09 bits per heavy atom. The van der Waals surface area contributed by atoms with E-state index in [0.29, 0.717) is 24.5 Å². The van der Waals surface area contributed by atoms with Crippen molar-refractivity contribution in [1.82, 2.24) is 19.9 Å². The average Bonchev–Trinajstić information content (AvgIpc) is 3.32. The lowest BCUT2D eigenvalue weighted by Crippen LogP contribution is -2.42. The molecule has 3 aromatic rings. The summed E-state index contributed by atoms with van der Waals surface area (Å²) in [5.41, 5.74) is 1.88. The molecule has 0 bridgehead atoms. The minimum absolute atomic E-state index is 0.408. The zero-order valence-electron chi connectivity index (χ0n) is 18.0. The van der Waals surface area contributed by atoms with Crippen LogP contribution in [-0.2, 0) is 11.3 Å². The largest absolute Gasteiger partial charge is 0.356 e. The van der Waals surface area contributed by atoms with E-state index in [1.807, 2.05) is 47.6 Å². The highest BCUT2D eigenvalue weighted by molar-refractivity contribution is 6.31. The molecule has 2 saturated heterocycles. The van der Waals surface area contributed by atoms with Crippen molar-refractivity contribution in [2.45, 2.75) is 38.3 Å². The van der Waals surface area contributed by atoms with Gasteiger partial charge in [-0.1, -0.05) is 29.8 Å². The number of benzene rings is 1. The van der Waals surface area contributed by atoms with Crippen molar-refractivity contribution < 1.29 is 4.79 Å². The molecule has 4 heterocycles. The molecule has 2 aromatic heterocycles. The van der Waals surface area contributed by atoms with Crippen LogP contribution in [0.2, 0.25) is 5.02 Å². The number of piperidine rings is 1. The minimum atomic E-state index is 0.408. The number of anilines is 2. The molecule has 0 aliphatic carbocycles. The van der Waals surface area contributed by atoms with Crippen LogP contribution >= 0.6 is 11.6 Å². The number of carbonyl (C=O) groups excluding carboxylic acids is 1. The monoisotopic (exact) mass is 450 g/mol. The first-order valence-electron chi connectivity index (χ1n) is 11.3. The van der Waals surface area contributed by atoms with E-state index >= 15 is 0 Å².